The zero-order valence-corrected chi connectivity index (χ0v) is 16.8. The molecule has 25 heavy (non-hydrogen) atoms. The van der Waals surface area contributed by atoms with Crippen molar-refractivity contribution in [2.45, 2.75) is 19.4 Å². The van der Waals surface area contributed by atoms with Crippen LogP contribution in [-0.4, -0.2) is 93.0 Å². The van der Waals surface area contributed by atoms with Gasteiger partial charge in [-0.25, -0.2) is 0 Å². The highest BCUT2D eigenvalue weighted by Gasteiger charge is 2.10. The molecule has 0 aromatic heterocycles. The van der Waals surface area contributed by atoms with Crippen LogP contribution in [0.1, 0.15) is 13.3 Å². The molecule has 0 radical (unpaired) electrons. The normalized spacial score (nSPS) is 12.0. The van der Waals surface area contributed by atoms with E-state index in [2.05, 4.69) is 6.92 Å². The van der Waals surface area contributed by atoms with Gasteiger partial charge in [0.2, 0.25) is 0 Å². The molecule has 152 valence electrons. The highest BCUT2D eigenvalue weighted by Crippen LogP contribution is 2.17. The third-order valence-corrected chi connectivity index (χ3v) is 3.55. The van der Waals surface area contributed by atoms with Gasteiger partial charge in [0, 0.05) is 14.2 Å². The molecular weight excluding hydrogens is 351 g/mol. The van der Waals surface area contributed by atoms with Crippen LogP contribution < -0.4 is 0 Å². The van der Waals surface area contributed by atoms with Crippen LogP contribution in [0.2, 0.25) is 0 Å². The van der Waals surface area contributed by atoms with Crippen molar-refractivity contribution in [2.24, 2.45) is 0 Å². The average molecular weight is 386 g/mol. The third kappa shape index (κ3) is 20.3. The summed E-state index contributed by atoms with van der Waals surface area (Å²) in [6.07, 6.45) is 0.791. The molecule has 0 aliphatic heterocycles. The van der Waals surface area contributed by atoms with Crippen molar-refractivity contribution in [1.82, 2.24) is 0 Å². The number of rotatable bonds is 21. The molecule has 0 aromatic carbocycles. The molecule has 0 rings (SSSR count). The molecule has 9 heteroatoms. The minimum atomic E-state index is -0.173. The van der Waals surface area contributed by atoms with Gasteiger partial charge in [-0.3, -0.25) is 0 Å². The Labute approximate surface area is 153 Å². The van der Waals surface area contributed by atoms with E-state index in [-0.39, 0.29) is 15.1 Å². The predicted molar refractivity (Wildman–Crippen MR) is 96.5 cm³/mol. The van der Waals surface area contributed by atoms with Gasteiger partial charge in [0.1, 0.15) is 6.10 Å². The van der Waals surface area contributed by atoms with Gasteiger partial charge in [0.15, 0.2) is 9.03 Å². The molecule has 0 spiro atoms. The highest BCUT2D eigenvalue weighted by molar-refractivity contribution is 7.26. The topological polar surface area (TPSA) is 73.8 Å². The molecule has 0 saturated heterocycles. The molecular formula is C16H35O8P. The molecule has 0 fully saturated rings. The van der Waals surface area contributed by atoms with Crippen LogP contribution in [0.3, 0.4) is 0 Å². The Kier molecular flexibility index (Phi) is 22.2. The van der Waals surface area contributed by atoms with Crippen LogP contribution in [0, 0.1) is 0 Å². The lowest BCUT2D eigenvalue weighted by molar-refractivity contribution is -0.0359. The first-order chi connectivity index (χ1) is 12.3. The van der Waals surface area contributed by atoms with Gasteiger partial charge in [-0.2, -0.15) is 0 Å². The fourth-order valence-corrected chi connectivity index (χ4v) is 2.14. The molecule has 0 saturated carbocycles. The maximum atomic E-state index is 5.67. The van der Waals surface area contributed by atoms with E-state index in [9.17, 15) is 0 Å². The summed E-state index contributed by atoms with van der Waals surface area (Å²) in [6.45, 7) is 7.97. The van der Waals surface area contributed by atoms with Crippen molar-refractivity contribution in [3.05, 3.63) is 0 Å². The molecule has 1 unspecified atom stereocenters. The first kappa shape index (κ1) is 25.1. The second-order valence-corrected chi connectivity index (χ2v) is 5.72. The third-order valence-electron chi connectivity index (χ3n) is 2.79. The average Bonchev–Trinajstić information content (AvgIpc) is 2.63. The van der Waals surface area contributed by atoms with Crippen LogP contribution in [-0.2, 0) is 37.5 Å². The van der Waals surface area contributed by atoms with E-state index < -0.39 is 0 Å². The van der Waals surface area contributed by atoms with Crippen LogP contribution in [0.25, 0.3) is 0 Å². The molecule has 0 aliphatic rings. The van der Waals surface area contributed by atoms with E-state index >= 15 is 0 Å². The van der Waals surface area contributed by atoms with Gasteiger partial charge in [0.25, 0.3) is 0 Å². The number of ether oxygens (including phenoxy) is 6. The minimum Gasteiger partial charge on any atom is -0.382 e. The van der Waals surface area contributed by atoms with E-state index in [1.165, 1.54) is 0 Å². The van der Waals surface area contributed by atoms with E-state index in [1.807, 2.05) is 0 Å². The smallest absolute Gasteiger partial charge is 0.155 e. The van der Waals surface area contributed by atoms with Gasteiger partial charge in [0.05, 0.1) is 72.7 Å². The SMILES string of the molecule is CCCOPOC(COCCOCCOC)COCCOCCOC. The van der Waals surface area contributed by atoms with Crippen LogP contribution in [0.4, 0.5) is 0 Å². The standard InChI is InChI=1S/C16H35O8P/c1-4-5-23-25-24-16(14-21-12-10-19-8-6-17-2)15-22-13-11-20-9-7-18-3/h16,25H,4-15H2,1-3H3. The molecule has 0 N–H and O–H groups in total. The highest BCUT2D eigenvalue weighted by atomic mass is 31.1. The zero-order valence-electron chi connectivity index (χ0n) is 15.8. The lowest BCUT2D eigenvalue weighted by atomic mass is 10.4. The quantitative estimate of drug-likeness (QED) is 0.218. The second kappa shape index (κ2) is 22.2. The molecule has 0 heterocycles. The van der Waals surface area contributed by atoms with Gasteiger partial charge in [-0.15, -0.1) is 0 Å². The Balaban J connectivity index is 3.71. The lowest BCUT2D eigenvalue weighted by Crippen LogP contribution is -2.25. The fourth-order valence-electron chi connectivity index (χ4n) is 1.52. The summed E-state index contributed by atoms with van der Waals surface area (Å²) in [6, 6.07) is 0. The molecule has 0 amide bonds. The Bertz CT molecular complexity index is 230. The Morgan fingerprint density at radius 2 is 1.12 bits per heavy atom. The van der Waals surface area contributed by atoms with Crippen molar-refractivity contribution in [3.63, 3.8) is 0 Å². The Hall–Kier alpha value is 0.110. The summed E-state index contributed by atoms with van der Waals surface area (Å²) in [5.74, 6) is 0. The largest absolute Gasteiger partial charge is 0.382 e. The second-order valence-electron chi connectivity index (χ2n) is 5.03. The van der Waals surface area contributed by atoms with E-state index in [0.29, 0.717) is 72.7 Å². The molecule has 0 aliphatic carbocycles. The Morgan fingerprint density at radius 3 is 1.60 bits per heavy atom. The number of hydrogen-bond acceptors (Lipinski definition) is 8. The molecule has 0 aromatic rings. The van der Waals surface area contributed by atoms with Gasteiger partial charge < -0.3 is 37.5 Å². The Morgan fingerprint density at radius 1 is 0.640 bits per heavy atom. The molecule has 8 nitrogen and oxygen atoms in total. The lowest BCUT2D eigenvalue weighted by Gasteiger charge is -2.18. The van der Waals surface area contributed by atoms with Crippen molar-refractivity contribution < 1.29 is 37.5 Å². The van der Waals surface area contributed by atoms with Crippen molar-refractivity contribution in [1.29, 1.82) is 0 Å². The van der Waals surface area contributed by atoms with Crippen molar-refractivity contribution >= 4 is 9.03 Å². The summed E-state index contributed by atoms with van der Waals surface area (Å²) in [4.78, 5) is 0. The first-order valence-electron chi connectivity index (χ1n) is 8.66. The summed E-state index contributed by atoms with van der Waals surface area (Å²) in [5, 5.41) is 0. The summed E-state index contributed by atoms with van der Waals surface area (Å²) >= 11 is 0. The van der Waals surface area contributed by atoms with Crippen molar-refractivity contribution in [3.8, 4) is 0 Å². The van der Waals surface area contributed by atoms with Crippen LogP contribution >= 0.6 is 9.03 Å². The maximum absolute atomic E-state index is 5.67. The number of methoxy groups -OCH3 is 2. The first-order valence-corrected chi connectivity index (χ1v) is 9.48. The van der Waals surface area contributed by atoms with E-state index in [0.717, 1.165) is 6.42 Å². The minimum absolute atomic E-state index is 0.0120. The van der Waals surface area contributed by atoms with Gasteiger partial charge >= 0.3 is 0 Å². The molecule has 0 bridgehead atoms. The van der Waals surface area contributed by atoms with E-state index in [1.54, 1.807) is 14.2 Å². The molecule has 1 atom stereocenters. The van der Waals surface area contributed by atoms with Crippen molar-refractivity contribution in [2.75, 3.05) is 86.9 Å². The zero-order chi connectivity index (χ0) is 18.4. The fraction of sp³-hybridized carbons (Fsp3) is 1.00. The summed E-state index contributed by atoms with van der Waals surface area (Å²) in [7, 11) is 3.28. The number of hydrogen-bond donors (Lipinski definition) is 0. The van der Waals surface area contributed by atoms with Gasteiger partial charge in [-0.1, -0.05) is 6.92 Å². The summed E-state index contributed by atoms with van der Waals surface area (Å²) < 4.78 is 42.7. The monoisotopic (exact) mass is 386 g/mol. The van der Waals surface area contributed by atoms with Crippen LogP contribution in [0.5, 0.6) is 0 Å². The maximum Gasteiger partial charge on any atom is 0.155 e. The predicted octanol–water partition coefficient (Wildman–Crippen LogP) is 1.67. The van der Waals surface area contributed by atoms with E-state index in [4.69, 9.17) is 37.5 Å². The van der Waals surface area contributed by atoms with Crippen LogP contribution in [0.15, 0.2) is 0 Å². The summed E-state index contributed by atoms with van der Waals surface area (Å²) in [5.41, 5.74) is 0. The van der Waals surface area contributed by atoms with Gasteiger partial charge in [-0.05, 0) is 6.42 Å².